The highest BCUT2D eigenvalue weighted by molar-refractivity contribution is 9.10. The predicted molar refractivity (Wildman–Crippen MR) is 89.0 cm³/mol. The first-order chi connectivity index (χ1) is 9.26. The van der Waals surface area contributed by atoms with E-state index < -0.39 is 0 Å². The van der Waals surface area contributed by atoms with Gasteiger partial charge in [-0.15, -0.1) is 0 Å². The van der Waals surface area contributed by atoms with Crippen LogP contribution < -0.4 is 5.32 Å². The second kappa shape index (κ2) is 7.80. The van der Waals surface area contributed by atoms with Crippen molar-refractivity contribution >= 4 is 27.3 Å². The van der Waals surface area contributed by atoms with Crippen LogP contribution in [0, 0.1) is 11.8 Å². The number of hydrogen-bond acceptors (Lipinski definition) is 2. The summed E-state index contributed by atoms with van der Waals surface area (Å²) < 4.78 is 1.33. The summed E-state index contributed by atoms with van der Waals surface area (Å²) in [6.07, 6.45) is 6.77. The molecule has 1 saturated carbocycles. The van der Waals surface area contributed by atoms with Crippen molar-refractivity contribution in [2.75, 3.05) is 13.1 Å². The highest BCUT2D eigenvalue weighted by Crippen LogP contribution is 2.44. The third-order valence-electron chi connectivity index (χ3n) is 4.55. The molecule has 0 aromatic carbocycles. The molecule has 1 aromatic rings. The Hall–Kier alpha value is 0.140. The first-order valence-corrected chi connectivity index (χ1v) is 9.42. The zero-order chi connectivity index (χ0) is 13.7. The molecule has 0 aliphatic heterocycles. The zero-order valence-corrected chi connectivity index (χ0v) is 14.5. The van der Waals surface area contributed by atoms with Crippen LogP contribution in [0.1, 0.15) is 57.4 Å². The Morgan fingerprint density at radius 1 is 1.32 bits per heavy atom. The van der Waals surface area contributed by atoms with Crippen molar-refractivity contribution in [3.05, 3.63) is 20.8 Å². The SMILES string of the molecule is CCCNCC1CCC(CC)CC1c1cscc1Br. The Balaban J connectivity index is 2.05. The minimum atomic E-state index is 0.753. The third kappa shape index (κ3) is 4.05. The van der Waals surface area contributed by atoms with Gasteiger partial charge in [-0.05, 0) is 77.0 Å². The van der Waals surface area contributed by atoms with Crippen LogP contribution in [0.25, 0.3) is 0 Å². The lowest BCUT2D eigenvalue weighted by Gasteiger charge is -2.36. The van der Waals surface area contributed by atoms with E-state index in [2.05, 4.69) is 45.9 Å². The maximum atomic E-state index is 3.74. The highest BCUT2D eigenvalue weighted by Gasteiger charge is 2.31. The van der Waals surface area contributed by atoms with Crippen LogP contribution in [0.4, 0.5) is 0 Å². The number of halogens is 1. The molecular formula is C16H26BrNS. The molecule has 1 fully saturated rings. The summed E-state index contributed by atoms with van der Waals surface area (Å²) >= 11 is 5.57. The Kier molecular flexibility index (Phi) is 6.37. The van der Waals surface area contributed by atoms with E-state index in [0.717, 1.165) is 24.3 Å². The Labute approximate surface area is 130 Å². The molecule has 0 bridgehead atoms. The fraction of sp³-hybridized carbons (Fsp3) is 0.750. The molecule has 108 valence electrons. The summed E-state index contributed by atoms with van der Waals surface area (Å²) in [6, 6.07) is 0. The monoisotopic (exact) mass is 343 g/mol. The summed E-state index contributed by atoms with van der Waals surface area (Å²) in [4.78, 5) is 0. The van der Waals surface area contributed by atoms with E-state index in [4.69, 9.17) is 0 Å². The van der Waals surface area contributed by atoms with Crippen molar-refractivity contribution < 1.29 is 0 Å². The van der Waals surface area contributed by atoms with Crippen molar-refractivity contribution in [3.63, 3.8) is 0 Å². The van der Waals surface area contributed by atoms with Gasteiger partial charge in [-0.2, -0.15) is 11.3 Å². The lowest BCUT2D eigenvalue weighted by atomic mass is 9.71. The van der Waals surface area contributed by atoms with Crippen molar-refractivity contribution in [2.45, 2.75) is 51.9 Å². The van der Waals surface area contributed by atoms with E-state index in [1.54, 1.807) is 5.56 Å². The topological polar surface area (TPSA) is 12.0 Å². The summed E-state index contributed by atoms with van der Waals surface area (Å²) in [5.74, 6) is 2.50. The van der Waals surface area contributed by atoms with Crippen LogP contribution in [0.3, 0.4) is 0 Å². The molecular weight excluding hydrogens is 318 g/mol. The lowest BCUT2D eigenvalue weighted by molar-refractivity contribution is 0.225. The maximum absolute atomic E-state index is 3.74. The van der Waals surface area contributed by atoms with E-state index in [1.165, 1.54) is 43.1 Å². The fourth-order valence-corrected chi connectivity index (χ4v) is 4.99. The summed E-state index contributed by atoms with van der Waals surface area (Å²) in [6.45, 7) is 6.94. The van der Waals surface area contributed by atoms with E-state index >= 15 is 0 Å². The second-order valence-electron chi connectivity index (χ2n) is 5.83. The molecule has 3 unspecified atom stereocenters. The van der Waals surface area contributed by atoms with E-state index in [-0.39, 0.29) is 0 Å². The van der Waals surface area contributed by atoms with Crippen molar-refractivity contribution in [2.24, 2.45) is 11.8 Å². The standard InChI is InChI=1S/C16H26BrNS/c1-3-7-18-9-13-6-5-12(4-2)8-14(13)15-10-19-11-16(15)17/h10-14,18H,3-9H2,1-2H3. The van der Waals surface area contributed by atoms with Gasteiger partial charge in [-0.25, -0.2) is 0 Å². The second-order valence-corrected chi connectivity index (χ2v) is 7.43. The van der Waals surface area contributed by atoms with Gasteiger partial charge in [0.1, 0.15) is 0 Å². The van der Waals surface area contributed by atoms with Gasteiger partial charge in [0, 0.05) is 9.85 Å². The molecule has 19 heavy (non-hydrogen) atoms. The largest absolute Gasteiger partial charge is 0.316 e. The van der Waals surface area contributed by atoms with Crippen molar-refractivity contribution in [1.82, 2.24) is 5.32 Å². The van der Waals surface area contributed by atoms with Gasteiger partial charge in [0.2, 0.25) is 0 Å². The first kappa shape index (κ1) is 15.5. The van der Waals surface area contributed by atoms with Gasteiger partial charge in [0.15, 0.2) is 0 Å². The smallest absolute Gasteiger partial charge is 0.0317 e. The van der Waals surface area contributed by atoms with Crippen LogP contribution in [0.2, 0.25) is 0 Å². The van der Waals surface area contributed by atoms with E-state index in [1.807, 2.05) is 11.3 Å². The number of nitrogens with one attached hydrogen (secondary N) is 1. The van der Waals surface area contributed by atoms with Gasteiger partial charge in [-0.1, -0.05) is 26.7 Å². The Bertz CT molecular complexity index is 375. The predicted octanol–water partition coefficient (Wildman–Crippen LogP) is 5.42. The molecule has 1 N–H and O–H groups in total. The molecule has 0 amide bonds. The van der Waals surface area contributed by atoms with Gasteiger partial charge < -0.3 is 5.32 Å². The Morgan fingerprint density at radius 3 is 2.79 bits per heavy atom. The molecule has 0 saturated heterocycles. The molecule has 3 atom stereocenters. The third-order valence-corrected chi connectivity index (χ3v) is 6.31. The normalized spacial score (nSPS) is 27.6. The molecule has 1 nitrogen and oxygen atoms in total. The highest BCUT2D eigenvalue weighted by atomic mass is 79.9. The molecule has 1 aliphatic rings. The van der Waals surface area contributed by atoms with Crippen LogP contribution >= 0.6 is 27.3 Å². The first-order valence-electron chi connectivity index (χ1n) is 7.68. The Morgan fingerprint density at radius 2 is 2.16 bits per heavy atom. The van der Waals surface area contributed by atoms with Crippen LogP contribution in [-0.4, -0.2) is 13.1 Å². The summed E-state index contributed by atoms with van der Waals surface area (Å²) in [5.41, 5.74) is 1.56. The van der Waals surface area contributed by atoms with Gasteiger partial charge in [-0.3, -0.25) is 0 Å². The zero-order valence-electron chi connectivity index (χ0n) is 12.1. The molecule has 0 radical (unpaired) electrons. The molecule has 1 heterocycles. The van der Waals surface area contributed by atoms with Crippen LogP contribution in [0.15, 0.2) is 15.2 Å². The van der Waals surface area contributed by atoms with E-state index in [0.29, 0.717) is 0 Å². The van der Waals surface area contributed by atoms with Crippen LogP contribution in [-0.2, 0) is 0 Å². The molecule has 0 spiro atoms. The lowest BCUT2D eigenvalue weighted by Crippen LogP contribution is -2.32. The quantitative estimate of drug-likeness (QED) is 0.680. The van der Waals surface area contributed by atoms with Crippen LogP contribution in [0.5, 0.6) is 0 Å². The molecule has 1 aromatic heterocycles. The van der Waals surface area contributed by atoms with Crippen molar-refractivity contribution in [1.29, 1.82) is 0 Å². The van der Waals surface area contributed by atoms with Gasteiger partial charge in [0.25, 0.3) is 0 Å². The minimum absolute atomic E-state index is 0.753. The maximum Gasteiger partial charge on any atom is 0.0317 e. The molecule has 2 rings (SSSR count). The van der Waals surface area contributed by atoms with Gasteiger partial charge in [0.05, 0.1) is 0 Å². The van der Waals surface area contributed by atoms with E-state index in [9.17, 15) is 0 Å². The fourth-order valence-electron chi connectivity index (χ4n) is 3.34. The molecule has 1 aliphatic carbocycles. The number of rotatable bonds is 6. The average molecular weight is 344 g/mol. The summed E-state index contributed by atoms with van der Waals surface area (Å²) in [7, 11) is 0. The number of thiophene rings is 1. The minimum Gasteiger partial charge on any atom is -0.316 e. The van der Waals surface area contributed by atoms with Crippen molar-refractivity contribution in [3.8, 4) is 0 Å². The van der Waals surface area contributed by atoms with Gasteiger partial charge >= 0.3 is 0 Å². The number of hydrogen-bond donors (Lipinski definition) is 1. The average Bonchev–Trinajstić information content (AvgIpc) is 2.85. The molecule has 3 heteroatoms. The summed E-state index contributed by atoms with van der Waals surface area (Å²) in [5, 5.41) is 8.24.